The number of nitrogens with one attached hydrogen (secondary N) is 2. The zero-order valence-corrected chi connectivity index (χ0v) is 25.8. The summed E-state index contributed by atoms with van der Waals surface area (Å²) in [4.78, 5) is 17.6. The molecule has 0 saturated carbocycles. The first kappa shape index (κ1) is 32.5. The van der Waals surface area contributed by atoms with Crippen molar-refractivity contribution in [1.82, 2.24) is 9.80 Å². The number of carbonyl (C=O) groups excluding carboxylic acids is 1. The third kappa shape index (κ3) is 10.4. The highest BCUT2D eigenvalue weighted by atomic mass is 35.5. The minimum absolute atomic E-state index is 0. The average Bonchev–Trinajstić information content (AvgIpc) is 2.91. The van der Waals surface area contributed by atoms with Gasteiger partial charge in [-0.05, 0) is 79.4 Å². The van der Waals surface area contributed by atoms with Crippen LogP contribution in [0.5, 0.6) is 11.5 Å². The van der Waals surface area contributed by atoms with Gasteiger partial charge in [-0.25, -0.2) is 13.2 Å². The van der Waals surface area contributed by atoms with Gasteiger partial charge in [-0.2, -0.15) is 0 Å². The van der Waals surface area contributed by atoms with Gasteiger partial charge in [-0.1, -0.05) is 43.1 Å². The van der Waals surface area contributed by atoms with Crippen LogP contribution >= 0.6 is 24.0 Å². The third-order valence-corrected chi connectivity index (χ3v) is 7.65. The molecule has 41 heavy (non-hydrogen) atoms. The number of benzene rings is 3. The summed E-state index contributed by atoms with van der Waals surface area (Å²) in [6, 6.07) is 22.2. The second-order valence-electron chi connectivity index (χ2n) is 10.1. The number of carbonyl (C=O) groups is 1. The van der Waals surface area contributed by atoms with Crippen LogP contribution in [0.4, 0.5) is 16.2 Å². The van der Waals surface area contributed by atoms with Gasteiger partial charge in [-0.3, -0.25) is 9.62 Å². The summed E-state index contributed by atoms with van der Waals surface area (Å²) < 4.78 is 31.1. The van der Waals surface area contributed by atoms with E-state index in [1.807, 2.05) is 29.2 Å². The van der Waals surface area contributed by atoms with Gasteiger partial charge in [-0.15, -0.1) is 12.4 Å². The highest BCUT2D eigenvalue weighted by Gasteiger charge is 2.28. The van der Waals surface area contributed by atoms with Gasteiger partial charge in [0.25, 0.3) is 0 Å². The molecule has 8 nitrogen and oxygen atoms in total. The SMILES string of the molecule is CCCCN(C(=O)Nc1cccc(Cl)c1)C1CCN(Cc2ccc(Oc3ccc(NS(C)(=O)=O)cc3)cc2)CC1.Cl. The van der Waals surface area contributed by atoms with E-state index >= 15 is 0 Å². The molecule has 2 N–H and O–H groups in total. The minimum atomic E-state index is -3.31. The van der Waals surface area contributed by atoms with Gasteiger partial charge in [0.2, 0.25) is 10.0 Å². The standard InChI is InChI=1S/C30H37ClN4O4S.ClH/c1-3-4-18-35(30(36)32-26-7-5-6-24(31)21-26)27-16-19-34(20-17-27)22-23-8-12-28(13-9-23)39-29-14-10-25(11-15-29)33-40(2,37)38;/h5-15,21,27,33H,3-4,16-20,22H2,1-2H3,(H,32,36);1H. The Bertz CT molecular complexity index is 1360. The minimum Gasteiger partial charge on any atom is -0.457 e. The Morgan fingerprint density at radius 3 is 2.22 bits per heavy atom. The molecular formula is C30H38Cl2N4O4S. The number of nitrogens with zero attached hydrogens (tertiary/aromatic N) is 2. The maximum Gasteiger partial charge on any atom is 0.322 e. The Morgan fingerprint density at radius 1 is 1.00 bits per heavy atom. The zero-order valence-electron chi connectivity index (χ0n) is 23.4. The molecule has 0 radical (unpaired) electrons. The molecule has 4 rings (SSSR count). The average molecular weight is 622 g/mol. The van der Waals surface area contributed by atoms with Crippen molar-refractivity contribution in [2.24, 2.45) is 0 Å². The van der Waals surface area contributed by atoms with Gasteiger partial charge in [0.05, 0.1) is 6.26 Å². The van der Waals surface area contributed by atoms with Crippen LogP contribution in [0.25, 0.3) is 0 Å². The van der Waals surface area contributed by atoms with E-state index in [1.165, 1.54) is 5.56 Å². The molecule has 0 spiro atoms. The second-order valence-corrected chi connectivity index (χ2v) is 12.3. The number of anilines is 2. The number of hydrogen-bond donors (Lipinski definition) is 2. The lowest BCUT2D eigenvalue weighted by molar-refractivity contribution is 0.122. The van der Waals surface area contributed by atoms with E-state index in [4.69, 9.17) is 16.3 Å². The van der Waals surface area contributed by atoms with Crippen LogP contribution in [0.3, 0.4) is 0 Å². The Balaban J connectivity index is 0.00000462. The summed E-state index contributed by atoms with van der Waals surface area (Å²) >= 11 is 6.09. The molecule has 0 aromatic heterocycles. The van der Waals surface area contributed by atoms with Crippen LogP contribution in [-0.4, -0.2) is 56.2 Å². The Kier molecular flexibility index (Phi) is 12.1. The predicted molar refractivity (Wildman–Crippen MR) is 169 cm³/mol. The number of amides is 2. The molecular weight excluding hydrogens is 583 g/mol. The first-order chi connectivity index (χ1) is 19.2. The Morgan fingerprint density at radius 2 is 1.63 bits per heavy atom. The van der Waals surface area contributed by atoms with Crippen LogP contribution < -0.4 is 14.8 Å². The van der Waals surface area contributed by atoms with Crippen LogP contribution in [0, 0.1) is 0 Å². The molecule has 1 aliphatic heterocycles. The van der Waals surface area contributed by atoms with Crippen LogP contribution in [0.2, 0.25) is 5.02 Å². The molecule has 1 aliphatic rings. The normalized spacial score (nSPS) is 14.1. The highest BCUT2D eigenvalue weighted by molar-refractivity contribution is 7.92. The van der Waals surface area contributed by atoms with Gasteiger partial charge in [0.1, 0.15) is 11.5 Å². The maximum atomic E-state index is 13.2. The topological polar surface area (TPSA) is 91.0 Å². The van der Waals surface area contributed by atoms with Crippen molar-refractivity contribution in [1.29, 1.82) is 0 Å². The quantitative estimate of drug-likeness (QED) is 0.236. The molecule has 222 valence electrons. The summed E-state index contributed by atoms with van der Waals surface area (Å²) in [6.45, 7) is 5.56. The number of halogens is 2. The van der Waals surface area contributed by atoms with Crippen molar-refractivity contribution < 1.29 is 17.9 Å². The van der Waals surface area contributed by atoms with E-state index < -0.39 is 10.0 Å². The van der Waals surface area contributed by atoms with Crippen LogP contribution in [-0.2, 0) is 16.6 Å². The first-order valence-electron chi connectivity index (χ1n) is 13.6. The number of unbranched alkanes of at least 4 members (excludes halogenated alkanes) is 1. The summed E-state index contributed by atoms with van der Waals surface area (Å²) in [6.07, 6.45) is 4.98. The molecule has 1 heterocycles. The fourth-order valence-corrected chi connectivity index (χ4v) is 5.55. The molecule has 11 heteroatoms. The molecule has 2 amide bonds. The second kappa shape index (κ2) is 15.3. The Labute approximate surface area is 254 Å². The Hall–Kier alpha value is -2.98. The van der Waals surface area contributed by atoms with Gasteiger partial charge >= 0.3 is 6.03 Å². The van der Waals surface area contributed by atoms with E-state index in [2.05, 4.69) is 34.0 Å². The van der Waals surface area contributed by atoms with Crippen molar-refractivity contribution in [3.8, 4) is 11.5 Å². The molecule has 1 saturated heterocycles. The number of sulfonamides is 1. The maximum absolute atomic E-state index is 13.2. The highest BCUT2D eigenvalue weighted by Crippen LogP contribution is 2.25. The lowest BCUT2D eigenvalue weighted by Gasteiger charge is -2.38. The van der Waals surface area contributed by atoms with Gasteiger partial charge < -0.3 is 15.0 Å². The van der Waals surface area contributed by atoms with Crippen molar-refractivity contribution in [3.05, 3.63) is 83.4 Å². The molecule has 0 unspecified atom stereocenters. The smallest absolute Gasteiger partial charge is 0.322 e. The van der Waals surface area contributed by atoms with E-state index in [-0.39, 0.29) is 24.5 Å². The van der Waals surface area contributed by atoms with E-state index in [9.17, 15) is 13.2 Å². The number of rotatable bonds is 11. The zero-order chi connectivity index (χ0) is 28.5. The summed E-state index contributed by atoms with van der Waals surface area (Å²) in [7, 11) is -3.31. The van der Waals surface area contributed by atoms with Crippen molar-refractivity contribution in [2.45, 2.75) is 45.2 Å². The van der Waals surface area contributed by atoms with Gasteiger partial charge in [0.15, 0.2) is 0 Å². The summed E-state index contributed by atoms with van der Waals surface area (Å²) in [5.74, 6) is 1.34. The molecule has 3 aromatic carbocycles. The largest absolute Gasteiger partial charge is 0.457 e. The van der Waals surface area contributed by atoms with E-state index in [0.717, 1.165) is 58.1 Å². The molecule has 0 aliphatic carbocycles. The molecule has 3 aromatic rings. The lowest BCUT2D eigenvalue weighted by Crippen LogP contribution is -2.49. The number of urea groups is 1. The summed E-state index contributed by atoms with van der Waals surface area (Å²) in [5.41, 5.74) is 2.40. The number of likely N-dealkylation sites (tertiary alicyclic amines) is 1. The monoisotopic (exact) mass is 620 g/mol. The number of hydrogen-bond acceptors (Lipinski definition) is 5. The van der Waals surface area contributed by atoms with Crippen molar-refractivity contribution in [2.75, 3.05) is 35.9 Å². The lowest BCUT2D eigenvalue weighted by atomic mass is 10.0. The molecule has 0 bridgehead atoms. The number of piperidine rings is 1. The van der Waals surface area contributed by atoms with Crippen molar-refractivity contribution >= 4 is 51.4 Å². The fraction of sp³-hybridized carbons (Fsp3) is 0.367. The van der Waals surface area contributed by atoms with Gasteiger partial charge in [0, 0.05) is 48.6 Å². The van der Waals surface area contributed by atoms with Crippen LogP contribution in [0.15, 0.2) is 72.8 Å². The molecule has 0 atom stereocenters. The number of ether oxygens (including phenoxy) is 1. The summed E-state index contributed by atoms with van der Waals surface area (Å²) in [5, 5.41) is 3.62. The van der Waals surface area contributed by atoms with E-state index in [0.29, 0.717) is 27.9 Å². The van der Waals surface area contributed by atoms with E-state index in [1.54, 1.807) is 36.4 Å². The molecule has 1 fully saturated rings. The first-order valence-corrected chi connectivity index (χ1v) is 15.9. The van der Waals surface area contributed by atoms with Crippen molar-refractivity contribution in [3.63, 3.8) is 0 Å². The fourth-order valence-electron chi connectivity index (χ4n) is 4.79. The third-order valence-electron chi connectivity index (χ3n) is 6.81. The predicted octanol–water partition coefficient (Wildman–Crippen LogP) is 7.22. The van der Waals surface area contributed by atoms with Crippen LogP contribution in [0.1, 0.15) is 38.2 Å².